The fourth-order valence-corrected chi connectivity index (χ4v) is 4.10. The number of thioether (sulfide) groups is 1. The van der Waals surface area contributed by atoms with Gasteiger partial charge in [0.1, 0.15) is 12.1 Å². The van der Waals surface area contributed by atoms with Gasteiger partial charge in [-0.1, -0.05) is 36.4 Å². The highest BCUT2D eigenvalue weighted by Crippen LogP contribution is 2.22. The lowest BCUT2D eigenvalue weighted by molar-refractivity contribution is -0.144. The van der Waals surface area contributed by atoms with Crippen LogP contribution in [0.1, 0.15) is 18.4 Å². The zero-order valence-corrected chi connectivity index (χ0v) is 18.6. The van der Waals surface area contributed by atoms with Crippen LogP contribution in [0.3, 0.4) is 0 Å². The first-order valence-corrected chi connectivity index (χ1v) is 11.4. The largest absolute Gasteiger partial charge is 0.481 e. The van der Waals surface area contributed by atoms with E-state index in [1.165, 1.54) is 4.90 Å². The molecule has 9 nitrogen and oxygen atoms in total. The molecule has 174 valence electrons. The Balaban J connectivity index is 2.11. The number of rotatable bonds is 12. The standard InChI is InChI=1S/C22H29N3O6S/c1-2-10-31-16-8-9-25(19(26)13-32-14-20(27)28)18(12-16)22(30)24-17(21(23)29)11-15-6-4-3-5-7-15/h2-7,16-18H,1,8-14H2,(H2,23,29)(H,24,30)(H,27,28)/t16-,17+,18-/m0/s1. The van der Waals surface area contributed by atoms with E-state index in [1.54, 1.807) is 6.08 Å². The fraction of sp³-hybridized carbons (Fsp3) is 0.455. The van der Waals surface area contributed by atoms with Crippen LogP contribution in [-0.2, 0) is 30.3 Å². The summed E-state index contributed by atoms with van der Waals surface area (Å²) in [6.45, 7) is 4.22. The highest BCUT2D eigenvalue weighted by atomic mass is 32.2. The molecule has 0 spiro atoms. The maximum absolute atomic E-state index is 13.1. The Hall–Kier alpha value is -2.85. The maximum atomic E-state index is 13.1. The van der Waals surface area contributed by atoms with Crippen molar-refractivity contribution in [1.82, 2.24) is 10.2 Å². The molecule has 3 atom stereocenters. The van der Waals surface area contributed by atoms with E-state index in [0.29, 0.717) is 13.0 Å². The molecule has 0 unspecified atom stereocenters. The van der Waals surface area contributed by atoms with E-state index < -0.39 is 29.9 Å². The minimum absolute atomic E-state index is 0.0580. The van der Waals surface area contributed by atoms with E-state index >= 15 is 0 Å². The van der Waals surface area contributed by atoms with Crippen LogP contribution in [0.4, 0.5) is 0 Å². The molecule has 1 aliphatic heterocycles. The van der Waals surface area contributed by atoms with E-state index in [4.69, 9.17) is 15.6 Å². The molecular formula is C22H29N3O6S. The van der Waals surface area contributed by atoms with Crippen LogP contribution in [0.2, 0.25) is 0 Å². The summed E-state index contributed by atoms with van der Waals surface area (Å²) in [6.07, 6.45) is 2.38. The van der Waals surface area contributed by atoms with Crippen LogP contribution in [-0.4, -0.2) is 76.5 Å². The number of carboxylic acids is 1. The molecule has 1 heterocycles. The van der Waals surface area contributed by atoms with Crippen molar-refractivity contribution in [2.45, 2.75) is 37.5 Å². The van der Waals surface area contributed by atoms with E-state index in [2.05, 4.69) is 11.9 Å². The first-order valence-electron chi connectivity index (χ1n) is 10.3. The Morgan fingerprint density at radius 2 is 2.00 bits per heavy atom. The van der Waals surface area contributed by atoms with Crippen LogP contribution in [0.25, 0.3) is 0 Å². The zero-order chi connectivity index (χ0) is 23.5. The molecule has 0 radical (unpaired) electrons. The lowest BCUT2D eigenvalue weighted by Gasteiger charge is -2.38. The molecule has 0 bridgehead atoms. The van der Waals surface area contributed by atoms with Crippen molar-refractivity contribution < 1.29 is 29.0 Å². The number of likely N-dealkylation sites (tertiary alicyclic amines) is 1. The summed E-state index contributed by atoms with van der Waals surface area (Å²) in [6, 6.07) is 7.37. The molecule has 1 aromatic carbocycles. The molecule has 1 saturated heterocycles. The summed E-state index contributed by atoms with van der Waals surface area (Å²) in [5.41, 5.74) is 6.35. The van der Waals surface area contributed by atoms with Gasteiger partial charge in [0.2, 0.25) is 17.7 Å². The Labute approximate surface area is 191 Å². The number of benzene rings is 1. The van der Waals surface area contributed by atoms with Gasteiger partial charge in [-0.2, -0.15) is 0 Å². The number of carbonyl (C=O) groups excluding carboxylic acids is 3. The molecular weight excluding hydrogens is 434 g/mol. The number of aliphatic carboxylic acids is 1. The summed E-state index contributed by atoms with van der Waals surface area (Å²) in [5, 5.41) is 11.5. The summed E-state index contributed by atoms with van der Waals surface area (Å²) in [4.78, 5) is 50.0. The van der Waals surface area contributed by atoms with Crippen molar-refractivity contribution in [2.75, 3.05) is 24.7 Å². The number of carboxylic acid groups (broad SMARTS) is 1. The summed E-state index contributed by atoms with van der Waals surface area (Å²) in [7, 11) is 0. The molecule has 4 N–H and O–H groups in total. The molecule has 10 heteroatoms. The highest BCUT2D eigenvalue weighted by molar-refractivity contribution is 8.00. The van der Waals surface area contributed by atoms with Crippen LogP contribution >= 0.6 is 11.8 Å². The molecule has 3 amide bonds. The molecule has 0 saturated carbocycles. The second-order valence-electron chi connectivity index (χ2n) is 7.41. The van der Waals surface area contributed by atoms with Gasteiger partial charge in [-0.15, -0.1) is 18.3 Å². The predicted molar refractivity (Wildman–Crippen MR) is 121 cm³/mol. The molecule has 1 aliphatic rings. The number of hydrogen-bond donors (Lipinski definition) is 3. The topological polar surface area (TPSA) is 139 Å². The van der Waals surface area contributed by atoms with Crippen molar-refractivity contribution in [3.05, 3.63) is 48.6 Å². The van der Waals surface area contributed by atoms with Crippen LogP contribution in [0.15, 0.2) is 43.0 Å². The third-order valence-corrected chi connectivity index (χ3v) is 5.92. The highest BCUT2D eigenvalue weighted by Gasteiger charge is 2.37. The van der Waals surface area contributed by atoms with Crippen LogP contribution in [0, 0.1) is 0 Å². The van der Waals surface area contributed by atoms with Gasteiger partial charge in [0.15, 0.2) is 0 Å². The van der Waals surface area contributed by atoms with Gasteiger partial charge in [0, 0.05) is 19.4 Å². The first kappa shape index (κ1) is 25.4. The summed E-state index contributed by atoms with van der Waals surface area (Å²) in [5.74, 6) is -2.78. The smallest absolute Gasteiger partial charge is 0.313 e. The number of primary amides is 1. The van der Waals surface area contributed by atoms with Crippen molar-refractivity contribution in [3.8, 4) is 0 Å². The Morgan fingerprint density at radius 1 is 1.28 bits per heavy atom. The Bertz CT molecular complexity index is 819. The molecule has 0 aromatic heterocycles. The van der Waals surface area contributed by atoms with Crippen molar-refractivity contribution in [3.63, 3.8) is 0 Å². The normalized spacial score (nSPS) is 19.1. The van der Waals surface area contributed by atoms with Gasteiger partial charge in [-0.25, -0.2) is 0 Å². The van der Waals surface area contributed by atoms with Crippen LogP contribution < -0.4 is 11.1 Å². The second-order valence-corrected chi connectivity index (χ2v) is 8.40. The minimum Gasteiger partial charge on any atom is -0.481 e. The van der Waals surface area contributed by atoms with Gasteiger partial charge in [-0.05, 0) is 12.0 Å². The zero-order valence-electron chi connectivity index (χ0n) is 17.8. The average molecular weight is 464 g/mol. The van der Waals surface area contributed by atoms with Gasteiger partial charge in [0.05, 0.1) is 24.2 Å². The third-order valence-electron chi connectivity index (χ3n) is 5.02. The van der Waals surface area contributed by atoms with E-state index in [-0.39, 0.29) is 42.9 Å². The van der Waals surface area contributed by atoms with E-state index in [9.17, 15) is 19.2 Å². The number of nitrogens with two attached hydrogens (primary N) is 1. The summed E-state index contributed by atoms with van der Waals surface area (Å²) >= 11 is 0.971. The molecule has 1 fully saturated rings. The number of carbonyl (C=O) groups is 4. The lowest BCUT2D eigenvalue weighted by Crippen LogP contribution is -2.58. The predicted octanol–water partition coefficient (Wildman–Crippen LogP) is 0.579. The first-order chi connectivity index (χ1) is 15.3. The van der Waals surface area contributed by atoms with Crippen LogP contribution in [0.5, 0.6) is 0 Å². The van der Waals surface area contributed by atoms with Gasteiger partial charge < -0.3 is 25.8 Å². The monoisotopic (exact) mass is 463 g/mol. The number of piperidine rings is 1. The van der Waals surface area contributed by atoms with Crippen molar-refractivity contribution in [2.24, 2.45) is 5.73 Å². The average Bonchev–Trinajstić information content (AvgIpc) is 2.77. The lowest BCUT2D eigenvalue weighted by atomic mass is 9.97. The maximum Gasteiger partial charge on any atom is 0.313 e. The summed E-state index contributed by atoms with van der Waals surface area (Å²) < 4.78 is 5.69. The van der Waals surface area contributed by atoms with E-state index in [0.717, 1.165) is 17.3 Å². The quantitative estimate of drug-likeness (QED) is 0.385. The number of nitrogens with one attached hydrogen (secondary N) is 1. The Morgan fingerprint density at radius 3 is 2.62 bits per heavy atom. The van der Waals surface area contributed by atoms with Crippen molar-refractivity contribution in [1.29, 1.82) is 0 Å². The number of nitrogens with zero attached hydrogens (tertiary/aromatic N) is 1. The van der Waals surface area contributed by atoms with Gasteiger partial charge >= 0.3 is 5.97 Å². The number of hydrogen-bond acceptors (Lipinski definition) is 6. The third kappa shape index (κ3) is 8.01. The Kier molecular flexibility index (Phi) is 10.2. The van der Waals surface area contributed by atoms with Gasteiger partial charge in [0.25, 0.3) is 0 Å². The number of ether oxygens (including phenoxy) is 1. The van der Waals surface area contributed by atoms with E-state index in [1.807, 2.05) is 30.3 Å². The minimum atomic E-state index is -1.01. The fourth-order valence-electron chi connectivity index (χ4n) is 3.48. The van der Waals surface area contributed by atoms with Crippen molar-refractivity contribution >= 4 is 35.5 Å². The molecule has 32 heavy (non-hydrogen) atoms. The number of amides is 3. The van der Waals surface area contributed by atoms with Gasteiger partial charge in [-0.3, -0.25) is 19.2 Å². The molecule has 0 aliphatic carbocycles. The molecule has 1 aromatic rings. The SMILES string of the molecule is C=CCO[C@H]1CCN(C(=O)CSCC(=O)O)[C@H](C(=O)N[C@H](Cc2ccccc2)C(N)=O)C1. The second kappa shape index (κ2) is 12.9. The molecule has 2 rings (SSSR count).